The molecular formula is C18H19N4O2S+. The van der Waals surface area contributed by atoms with Crippen LogP contribution in [0.15, 0.2) is 52.9 Å². The van der Waals surface area contributed by atoms with E-state index in [1.165, 1.54) is 32.4 Å². The summed E-state index contributed by atoms with van der Waals surface area (Å²) >= 11 is 1.37. The van der Waals surface area contributed by atoms with Crippen molar-refractivity contribution in [3.05, 3.63) is 69.6 Å². The minimum absolute atomic E-state index is 0.0915. The molecule has 2 aromatic heterocycles. The van der Waals surface area contributed by atoms with E-state index in [1.54, 1.807) is 11.6 Å². The van der Waals surface area contributed by atoms with E-state index in [2.05, 4.69) is 22.4 Å². The smallest absolute Gasteiger partial charge is 0.271 e. The molecule has 4 rings (SSSR count). The van der Waals surface area contributed by atoms with Gasteiger partial charge in [-0.1, -0.05) is 30.3 Å². The van der Waals surface area contributed by atoms with Crippen LogP contribution in [0.1, 0.15) is 22.3 Å². The first-order valence-electron chi connectivity index (χ1n) is 8.34. The molecule has 0 saturated carbocycles. The van der Waals surface area contributed by atoms with Crippen molar-refractivity contribution >= 4 is 22.2 Å². The summed E-state index contributed by atoms with van der Waals surface area (Å²) in [6.45, 7) is 2.84. The zero-order chi connectivity index (χ0) is 17.2. The summed E-state index contributed by atoms with van der Waals surface area (Å²) in [5, 5.41) is 4.78. The molecule has 0 spiro atoms. The molecule has 1 unspecified atom stereocenters. The molecule has 7 heteroatoms. The van der Waals surface area contributed by atoms with Crippen molar-refractivity contribution < 1.29 is 9.69 Å². The lowest BCUT2D eigenvalue weighted by atomic mass is 10.2. The molecule has 128 valence electrons. The summed E-state index contributed by atoms with van der Waals surface area (Å²) in [6.07, 6.45) is 3.95. The molecule has 2 N–H and O–H groups in total. The zero-order valence-corrected chi connectivity index (χ0v) is 14.5. The van der Waals surface area contributed by atoms with E-state index >= 15 is 0 Å². The topological polar surface area (TPSA) is 67.9 Å². The summed E-state index contributed by atoms with van der Waals surface area (Å²) in [6, 6.07) is 10.5. The molecule has 25 heavy (non-hydrogen) atoms. The molecule has 0 aliphatic carbocycles. The third kappa shape index (κ3) is 3.33. The molecule has 1 amide bonds. The number of hydrogen-bond acceptors (Lipinski definition) is 4. The first-order valence-corrected chi connectivity index (χ1v) is 9.22. The minimum atomic E-state index is -0.330. The molecule has 1 fully saturated rings. The molecule has 1 aliphatic heterocycles. The number of likely N-dealkylation sites (tertiary alicyclic amines) is 1. The Morgan fingerprint density at radius 2 is 2.20 bits per heavy atom. The van der Waals surface area contributed by atoms with Crippen LogP contribution in [0.25, 0.3) is 4.96 Å². The Morgan fingerprint density at radius 1 is 1.36 bits per heavy atom. The number of fused-ring (bicyclic) bond motifs is 1. The second-order valence-corrected chi connectivity index (χ2v) is 7.23. The van der Waals surface area contributed by atoms with Gasteiger partial charge in [0.05, 0.1) is 19.1 Å². The van der Waals surface area contributed by atoms with Crippen LogP contribution in [0, 0.1) is 0 Å². The summed E-state index contributed by atoms with van der Waals surface area (Å²) in [7, 11) is 0. The Morgan fingerprint density at radius 3 is 3.04 bits per heavy atom. The van der Waals surface area contributed by atoms with Gasteiger partial charge in [0.1, 0.15) is 12.1 Å². The van der Waals surface area contributed by atoms with Gasteiger partial charge in [0.2, 0.25) is 0 Å². The summed E-state index contributed by atoms with van der Waals surface area (Å²) in [5.41, 5.74) is 1.09. The van der Waals surface area contributed by atoms with E-state index < -0.39 is 0 Å². The van der Waals surface area contributed by atoms with Crippen LogP contribution in [0.4, 0.5) is 0 Å². The van der Waals surface area contributed by atoms with Gasteiger partial charge in [-0.05, 0) is 0 Å². The van der Waals surface area contributed by atoms with Crippen LogP contribution in [-0.2, 0) is 6.54 Å². The molecular weight excluding hydrogens is 336 g/mol. The number of benzene rings is 1. The van der Waals surface area contributed by atoms with E-state index in [1.807, 2.05) is 18.2 Å². The number of amides is 1. The van der Waals surface area contributed by atoms with Gasteiger partial charge in [-0.3, -0.25) is 14.0 Å². The highest BCUT2D eigenvalue weighted by Crippen LogP contribution is 2.06. The van der Waals surface area contributed by atoms with Crippen LogP contribution in [0.3, 0.4) is 0 Å². The molecule has 3 aromatic rings. The quantitative estimate of drug-likeness (QED) is 0.709. The Labute approximate surface area is 148 Å². The Kier molecular flexibility index (Phi) is 4.33. The number of aromatic nitrogens is 2. The maximum absolute atomic E-state index is 12.5. The van der Waals surface area contributed by atoms with Crippen molar-refractivity contribution in [2.75, 3.05) is 13.1 Å². The number of nitrogens with one attached hydrogen (secondary N) is 2. The Bertz CT molecular complexity index is 950. The number of carbonyl (C=O) groups is 1. The Hall–Kier alpha value is -2.51. The molecule has 1 aliphatic rings. The number of rotatable bonds is 4. The third-order valence-electron chi connectivity index (χ3n) is 4.60. The van der Waals surface area contributed by atoms with Gasteiger partial charge in [0.15, 0.2) is 4.96 Å². The fourth-order valence-corrected chi connectivity index (χ4v) is 4.02. The highest BCUT2D eigenvalue weighted by atomic mass is 32.1. The largest absolute Gasteiger partial charge is 0.343 e. The van der Waals surface area contributed by atoms with Gasteiger partial charge < -0.3 is 10.2 Å². The summed E-state index contributed by atoms with van der Waals surface area (Å²) in [5.74, 6) is -0.330. The van der Waals surface area contributed by atoms with Gasteiger partial charge in [-0.15, -0.1) is 11.3 Å². The number of carbonyl (C=O) groups excluding carboxylic acids is 1. The Balaban J connectivity index is 1.41. The monoisotopic (exact) mass is 355 g/mol. The standard InChI is InChI=1S/C18H18N4O2S/c23-16(15-10-19-18-22(17(15)24)8-9-25-18)20-14-6-7-21(12-14)11-13-4-2-1-3-5-13/h1-5,8-10,14H,6-7,11-12H2,(H,20,23)/p+1/t14-/m0/s1. The van der Waals surface area contributed by atoms with Crippen molar-refractivity contribution in [1.29, 1.82) is 0 Å². The fraction of sp³-hybridized carbons (Fsp3) is 0.278. The molecule has 3 heterocycles. The predicted molar refractivity (Wildman–Crippen MR) is 96.1 cm³/mol. The molecule has 0 bridgehead atoms. The zero-order valence-electron chi connectivity index (χ0n) is 13.6. The molecule has 6 nitrogen and oxygen atoms in total. The van der Waals surface area contributed by atoms with Crippen LogP contribution >= 0.6 is 11.3 Å². The number of quaternary nitrogens is 1. The maximum Gasteiger partial charge on any atom is 0.271 e. The van der Waals surface area contributed by atoms with Gasteiger partial charge >= 0.3 is 0 Å². The number of thiazole rings is 1. The second kappa shape index (κ2) is 6.78. The van der Waals surface area contributed by atoms with Crippen molar-refractivity contribution in [1.82, 2.24) is 14.7 Å². The minimum Gasteiger partial charge on any atom is -0.343 e. The van der Waals surface area contributed by atoms with Crippen LogP contribution in [-0.4, -0.2) is 34.4 Å². The van der Waals surface area contributed by atoms with E-state index in [0.29, 0.717) is 4.96 Å². The maximum atomic E-state index is 12.5. The van der Waals surface area contributed by atoms with Crippen molar-refractivity contribution in [2.45, 2.75) is 19.0 Å². The van der Waals surface area contributed by atoms with Crippen molar-refractivity contribution in [2.24, 2.45) is 0 Å². The van der Waals surface area contributed by atoms with Gasteiger partial charge in [-0.25, -0.2) is 4.98 Å². The average Bonchev–Trinajstić information content (AvgIpc) is 3.26. The lowest BCUT2D eigenvalue weighted by Gasteiger charge is -2.14. The van der Waals surface area contributed by atoms with Crippen LogP contribution in [0.2, 0.25) is 0 Å². The molecule has 1 aromatic carbocycles. The first kappa shape index (κ1) is 16.0. The van der Waals surface area contributed by atoms with E-state index in [9.17, 15) is 9.59 Å². The van der Waals surface area contributed by atoms with Gasteiger partial charge in [0.25, 0.3) is 11.5 Å². The molecule has 1 saturated heterocycles. The van der Waals surface area contributed by atoms with Crippen LogP contribution in [0.5, 0.6) is 0 Å². The fourth-order valence-electron chi connectivity index (χ4n) is 3.34. The van der Waals surface area contributed by atoms with Crippen molar-refractivity contribution in [3.8, 4) is 0 Å². The average molecular weight is 355 g/mol. The molecule has 2 atom stereocenters. The predicted octanol–water partition coefficient (Wildman–Crippen LogP) is 0.343. The van der Waals surface area contributed by atoms with Gasteiger partial charge in [-0.2, -0.15) is 0 Å². The van der Waals surface area contributed by atoms with Gasteiger partial charge in [0, 0.05) is 29.8 Å². The third-order valence-corrected chi connectivity index (χ3v) is 5.37. The van der Waals surface area contributed by atoms with E-state index in [0.717, 1.165) is 26.1 Å². The van der Waals surface area contributed by atoms with E-state index in [-0.39, 0.29) is 23.1 Å². The molecule has 0 radical (unpaired) electrons. The second-order valence-electron chi connectivity index (χ2n) is 6.36. The lowest BCUT2D eigenvalue weighted by Crippen LogP contribution is -3.09. The normalized spacial score (nSPS) is 20.0. The lowest BCUT2D eigenvalue weighted by molar-refractivity contribution is -0.901. The number of nitrogens with zero attached hydrogens (tertiary/aromatic N) is 2. The van der Waals surface area contributed by atoms with Crippen molar-refractivity contribution in [3.63, 3.8) is 0 Å². The summed E-state index contributed by atoms with van der Waals surface area (Å²) < 4.78 is 1.42. The SMILES string of the molecule is O=C(N[C@H]1CC[NH+](Cc2ccccc2)C1)c1cnc2sccn2c1=O. The highest BCUT2D eigenvalue weighted by molar-refractivity contribution is 7.15. The number of hydrogen-bond donors (Lipinski definition) is 2. The first-order chi connectivity index (χ1) is 12.2. The van der Waals surface area contributed by atoms with Crippen LogP contribution < -0.4 is 15.8 Å². The van der Waals surface area contributed by atoms with E-state index in [4.69, 9.17) is 0 Å². The highest BCUT2D eigenvalue weighted by Gasteiger charge is 2.28. The summed E-state index contributed by atoms with van der Waals surface area (Å²) in [4.78, 5) is 31.1.